The van der Waals surface area contributed by atoms with Crippen molar-refractivity contribution in [2.75, 3.05) is 39.4 Å². The Labute approximate surface area is 178 Å². The fourth-order valence-corrected chi connectivity index (χ4v) is 4.13. The molecule has 31 heavy (non-hydrogen) atoms. The summed E-state index contributed by atoms with van der Waals surface area (Å²) in [5.74, 6) is -0.717. The van der Waals surface area contributed by atoms with Crippen LogP contribution in [0.5, 0.6) is 5.75 Å². The van der Waals surface area contributed by atoms with E-state index in [0.29, 0.717) is 26.2 Å². The number of piperidine rings is 1. The van der Waals surface area contributed by atoms with Gasteiger partial charge in [0.25, 0.3) is 5.91 Å². The van der Waals surface area contributed by atoms with Gasteiger partial charge >= 0.3 is 6.36 Å². The zero-order chi connectivity index (χ0) is 22.4. The molecule has 0 aromatic heterocycles. The van der Waals surface area contributed by atoms with Crippen molar-refractivity contribution >= 4 is 11.8 Å². The van der Waals surface area contributed by atoms with Crippen LogP contribution in [0, 0.1) is 5.92 Å². The lowest BCUT2D eigenvalue weighted by Crippen LogP contribution is -2.46. The van der Waals surface area contributed by atoms with E-state index in [9.17, 15) is 27.2 Å². The minimum Gasteiger partial charge on any atom is -0.406 e. The fourth-order valence-electron chi connectivity index (χ4n) is 4.13. The van der Waals surface area contributed by atoms with Gasteiger partial charge in [0.2, 0.25) is 5.91 Å². The SMILES string of the molecule is O=C(NCC1CCN(CC(=O)N2CCC[C@H]2CF)CC1)c1cccc(OC(F)(F)F)c1. The smallest absolute Gasteiger partial charge is 0.406 e. The highest BCUT2D eigenvalue weighted by Gasteiger charge is 2.32. The molecule has 1 aromatic rings. The molecule has 2 amide bonds. The molecule has 0 bridgehead atoms. The largest absolute Gasteiger partial charge is 0.573 e. The second-order valence-electron chi connectivity index (χ2n) is 8.04. The van der Waals surface area contributed by atoms with E-state index in [4.69, 9.17) is 0 Å². The molecule has 2 aliphatic rings. The molecule has 2 saturated heterocycles. The van der Waals surface area contributed by atoms with E-state index in [-0.39, 0.29) is 30.0 Å². The molecular weight excluding hydrogens is 418 g/mol. The maximum Gasteiger partial charge on any atom is 0.573 e. The Kier molecular flexibility index (Phi) is 7.74. The van der Waals surface area contributed by atoms with Crippen LogP contribution in [0.2, 0.25) is 0 Å². The number of nitrogens with one attached hydrogen (secondary N) is 1. The number of alkyl halides is 4. The number of amides is 2. The Bertz CT molecular complexity index is 766. The number of benzene rings is 1. The van der Waals surface area contributed by atoms with Crippen LogP contribution < -0.4 is 10.1 Å². The molecule has 3 rings (SSSR count). The van der Waals surface area contributed by atoms with Crippen LogP contribution in [0.15, 0.2) is 24.3 Å². The summed E-state index contributed by atoms with van der Waals surface area (Å²) in [5.41, 5.74) is 0.0952. The molecule has 2 fully saturated rings. The highest BCUT2D eigenvalue weighted by atomic mass is 19.4. The Hall–Kier alpha value is -2.36. The van der Waals surface area contributed by atoms with E-state index in [2.05, 4.69) is 10.1 Å². The molecule has 1 aromatic carbocycles. The maximum atomic E-state index is 13.0. The number of rotatable bonds is 7. The first-order valence-corrected chi connectivity index (χ1v) is 10.5. The Morgan fingerprint density at radius 1 is 1.13 bits per heavy atom. The van der Waals surface area contributed by atoms with Gasteiger partial charge in [0.05, 0.1) is 12.6 Å². The van der Waals surface area contributed by atoms with Crippen LogP contribution in [-0.2, 0) is 4.79 Å². The Balaban J connectivity index is 1.41. The van der Waals surface area contributed by atoms with Gasteiger partial charge in [-0.1, -0.05) is 6.07 Å². The van der Waals surface area contributed by atoms with E-state index in [0.717, 1.165) is 37.8 Å². The summed E-state index contributed by atoms with van der Waals surface area (Å²) in [6.07, 6.45) is -1.68. The zero-order valence-corrected chi connectivity index (χ0v) is 17.2. The molecule has 0 saturated carbocycles. The standard InChI is InChI=1S/C21H27F4N3O3/c22-12-17-4-2-8-28(17)19(29)14-27-9-6-15(7-10-27)13-26-20(30)16-3-1-5-18(11-16)31-21(23,24)25/h1,3,5,11,15,17H,2,4,6-10,12-14H2,(H,26,30)/t17-/m0/s1. The third kappa shape index (κ3) is 6.81. The van der Waals surface area contributed by atoms with Crippen molar-refractivity contribution in [2.24, 2.45) is 5.92 Å². The molecule has 0 unspecified atom stereocenters. The highest BCUT2D eigenvalue weighted by molar-refractivity contribution is 5.94. The topological polar surface area (TPSA) is 61.9 Å². The normalized spacial score (nSPS) is 20.6. The molecule has 1 atom stereocenters. The van der Waals surface area contributed by atoms with Crippen LogP contribution in [0.4, 0.5) is 17.6 Å². The predicted molar refractivity (Wildman–Crippen MR) is 105 cm³/mol. The lowest BCUT2D eigenvalue weighted by molar-refractivity contribution is -0.274. The minimum absolute atomic E-state index is 0.0344. The van der Waals surface area contributed by atoms with Gasteiger partial charge in [-0.25, -0.2) is 4.39 Å². The average molecular weight is 445 g/mol. The van der Waals surface area contributed by atoms with Crippen molar-refractivity contribution in [2.45, 2.75) is 38.1 Å². The second-order valence-corrected chi connectivity index (χ2v) is 8.04. The summed E-state index contributed by atoms with van der Waals surface area (Å²) in [6.45, 7) is 2.21. The van der Waals surface area contributed by atoms with Crippen LogP contribution in [0.1, 0.15) is 36.0 Å². The monoisotopic (exact) mass is 445 g/mol. The third-order valence-electron chi connectivity index (χ3n) is 5.82. The number of halogens is 4. The lowest BCUT2D eigenvalue weighted by atomic mass is 9.96. The van der Waals surface area contributed by atoms with Gasteiger partial charge in [0, 0.05) is 18.7 Å². The number of likely N-dealkylation sites (tertiary alicyclic amines) is 2. The van der Waals surface area contributed by atoms with Gasteiger partial charge < -0.3 is 15.0 Å². The van der Waals surface area contributed by atoms with Gasteiger partial charge in [0.1, 0.15) is 12.4 Å². The second kappa shape index (κ2) is 10.3. The molecule has 1 N–H and O–H groups in total. The van der Waals surface area contributed by atoms with Gasteiger partial charge in [0.15, 0.2) is 0 Å². The fraction of sp³-hybridized carbons (Fsp3) is 0.619. The molecule has 172 valence electrons. The van der Waals surface area contributed by atoms with Crippen LogP contribution in [0.3, 0.4) is 0 Å². The molecule has 0 spiro atoms. The zero-order valence-electron chi connectivity index (χ0n) is 17.2. The van der Waals surface area contributed by atoms with Crippen molar-refractivity contribution in [3.8, 4) is 5.75 Å². The van der Waals surface area contributed by atoms with E-state index < -0.39 is 24.7 Å². The summed E-state index contributed by atoms with van der Waals surface area (Å²) >= 11 is 0. The van der Waals surface area contributed by atoms with Crippen LogP contribution >= 0.6 is 0 Å². The Morgan fingerprint density at radius 2 is 1.87 bits per heavy atom. The minimum atomic E-state index is -4.81. The van der Waals surface area contributed by atoms with Crippen molar-refractivity contribution in [3.05, 3.63) is 29.8 Å². The number of nitrogens with zero attached hydrogens (tertiary/aromatic N) is 2. The average Bonchev–Trinajstić information content (AvgIpc) is 3.21. The molecular formula is C21H27F4N3O3. The van der Waals surface area contributed by atoms with Crippen LogP contribution in [-0.4, -0.2) is 73.4 Å². The first kappa shape index (κ1) is 23.3. The van der Waals surface area contributed by atoms with E-state index in [1.165, 1.54) is 12.1 Å². The maximum absolute atomic E-state index is 13.0. The van der Waals surface area contributed by atoms with Crippen molar-refractivity contribution < 1.29 is 31.9 Å². The van der Waals surface area contributed by atoms with Gasteiger partial charge in [-0.2, -0.15) is 0 Å². The van der Waals surface area contributed by atoms with Gasteiger partial charge in [-0.15, -0.1) is 13.2 Å². The molecule has 0 radical (unpaired) electrons. The summed E-state index contributed by atoms with van der Waals surface area (Å²) in [7, 11) is 0. The van der Waals surface area contributed by atoms with Gasteiger partial charge in [-0.3, -0.25) is 14.5 Å². The van der Waals surface area contributed by atoms with E-state index in [1.807, 2.05) is 4.90 Å². The highest BCUT2D eigenvalue weighted by Crippen LogP contribution is 2.24. The number of ether oxygens (including phenoxy) is 1. The first-order chi connectivity index (χ1) is 14.7. The molecule has 2 aliphatic heterocycles. The molecule has 10 heteroatoms. The number of hydrogen-bond donors (Lipinski definition) is 1. The summed E-state index contributed by atoms with van der Waals surface area (Å²) in [4.78, 5) is 28.4. The van der Waals surface area contributed by atoms with E-state index >= 15 is 0 Å². The lowest BCUT2D eigenvalue weighted by Gasteiger charge is -2.33. The number of carbonyl (C=O) groups excluding carboxylic acids is 2. The molecule has 0 aliphatic carbocycles. The molecule has 2 heterocycles. The summed E-state index contributed by atoms with van der Waals surface area (Å²) in [6, 6.07) is 4.66. The first-order valence-electron chi connectivity index (χ1n) is 10.5. The van der Waals surface area contributed by atoms with Crippen molar-refractivity contribution in [1.82, 2.24) is 15.1 Å². The van der Waals surface area contributed by atoms with Crippen molar-refractivity contribution in [1.29, 1.82) is 0 Å². The van der Waals surface area contributed by atoms with E-state index in [1.54, 1.807) is 4.90 Å². The van der Waals surface area contributed by atoms with Crippen LogP contribution in [0.25, 0.3) is 0 Å². The predicted octanol–water partition coefficient (Wildman–Crippen LogP) is 2.99. The van der Waals surface area contributed by atoms with Gasteiger partial charge in [-0.05, 0) is 62.9 Å². The number of carbonyl (C=O) groups is 2. The molecule has 6 nitrogen and oxygen atoms in total. The summed E-state index contributed by atoms with van der Waals surface area (Å²) < 4.78 is 53.9. The summed E-state index contributed by atoms with van der Waals surface area (Å²) in [5, 5.41) is 2.76. The third-order valence-corrected chi connectivity index (χ3v) is 5.82. The quantitative estimate of drug-likeness (QED) is 0.656. The number of hydrogen-bond acceptors (Lipinski definition) is 4. The van der Waals surface area contributed by atoms with Crippen molar-refractivity contribution in [3.63, 3.8) is 0 Å². The Morgan fingerprint density at radius 3 is 2.55 bits per heavy atom.